The molecule has 0 aliphatic rings. The summed E-state index contributed by atoms with van der Waals surface area (Å²) in [5, 5.41) is 1.22. The second kappa shape index (κ2) is 6.53. The number of hydrogen-bond donors (Lipinski definition) is 0. The minimum atomic E-state index is -0.235. The van der Waals surface area contributed by atoms with Gasteiger partial charge in [0.2, 0.25) is 0 Å². The predicted octanol–water partition coefficient (Wildman–Crippen LogP) is 4.26. The van der Waals surface area contributed by atoms with Crippen molar-refractivity contribution < 1.29 is 4.74 Å². The lowest BCUT2D eigenvalue weighted by Gasteiger charge is -2.12. The number of nitrogens with zero attached hydrogens (tertiary/aromatic N) is 1. The first kappa shape index (κ1) is 15.2. The van der Waals surface area contributed by atoms with Gasteiger partial charge in [0.05, 0.1) is 23.2 Å². The molecule has 2 aromatic rings. The largest absolute Gasteiger partial charge is 0.488 e. The molecule has 0 saturated carbocycles. The zero-order valence-electron chi connectivity index (χ0n) is 10.7. The van der Waals surface area contributed by atoms with E-state index in [9.17, 15) is 4.79 Å². The van der Waals surface area contributed by atoms with Crippen LogP contribution < -0.4 is 10.3 Å². The summed E-state index contributed by atoms with van der Waals surface area (Å²) in [5.41, 5.74) is 0.373. The first-order chi connectivity index (χ1) is 9.54. The van der Waals surface area contributed by atoms with Crippen molar-refractivity contribution in [3.8, 4) is 5.75 Å². The SMILES string of the molecule is CCOc1cccn(Cc2c(Cl)ccc(Cl)c2Cl)c1=O. The highest BCUT2D eigenvalue weighted by molar-refractivity contribution is 6.44. The summed E-state index contributed by atoms with van der Waals surface area (Å²) in [6.45, 7) is 2.48. The van der Waals surface area contributed by atoms with Gasteiger partial charge < -0.3 is 9.30 Å². The van der Waals surface area contributed by atoms with Crippen molar-refractivity contribution in [1.29, 1.82) is 0 Å². The summed E-state index contributed by atoms with van der Waals surface area (Å²) in [7, 11) is 0. The van der Waals surface area contributed by atoms with Crippen molar-refractivity contribution in [2.24, 2.45) is 0 Å². The van der Waals surface area contributed by atoms with Crippen molar-refractivity contribution in [3.05, 3.63) is 61.4 Å². The van der Waals surface area contributed by atoms with Crippen LogP contribution in [0.25, 0.3) is 0 Å². The Bertz CT molecular complexity index is 683. The van der Waals surface area contributed by atoms with Crippen LogP contribution in [0.3, 0.4) is 0 Å². The maximum atomic E-state index is 12.2. The average molecular weight is 333 g/mol. The van der Waals surface area contributed by atoms with Crippen LogP contribution in [0.5, 0.6) is 5.75 Å². The van der Waals surface area contributed by atoms with E-state index in [4.69, 9.17) is 39.5 Å². The maximum absolute atomic E-state index is 12.2. The quantitative estimate of drug-likeness (QED) is 0.784. The Labute approximate surface area is 131 Å². The van der Waals surface area contributed by atoms with E-state index in [-0.39, 0.29) is 12.1 Å². The summed E-state index contributed by atoms with van der Waals surface area (Å²) < 4.78 is 6.75. The Morgan fingerprint density at radius 3 is 2.55 bits per heavy atom. The van der Waals surface area contributed by atoms with Crippen LogP contribution >= 0.6 is 34.8 Å². The molecule has 1 heterocycles. The minimum Gasteiger partial charge on any atom is -0.488 e. The van der Waals surface area contributed by atoms with Crippen molar-refractivity contribution in [3.63, 3.8) is 0 Å². The average Bonchev–Trinajstić information content (AvgIpc) is 2.43. The highest BCUT2D eigenvalue weighted by Gasteiger charge is 2.12. The molecule has 2 rings (SSSR count). The fourth-order valence-electron chi connectivity index (χ4n) is 1.79. The van der Waals surface area contributed by atoms with Crippen molar-refractivity contribution >= 4 is 34.8 Å². The topological polar surface area (TPSA) is 31.2 Å². The molecule has 106 valence electrons. The van der Waals surface area contributed by atoms with Gasteiger partial charge in [0, 0.05) is 16.8 Å². The molecule has 0 atom stereocenters. The van der Waals surface area contributed by atoms with Gasteiger partial charge in [-0.2, -0.15) is 0 Å². The van der Waals surface area contributed by atoms with Gasteiger partial charge in [0.1, 0.15) is 0 Å². The van der Waals surface area contributed by atoms with Gasteiger partial charge >= 0.3 is 0 Å². The monoisotopic (exact) mass is 331 g/mol. The summed E-state index contributed by atoms with van der Waals surface area (Å²) in [5.74, 6) is 0.296. The molecule has 0 fully saturated rings. The zero-order valence-corrected chi connectivity index (χ0v) is 13.0. The van der Waals surface area contributed by atoms with Crippen LogP contribution in [0.15, 0.2) is 35.3 Å². The maximum Gasteiger partial charge on any atom is 0.293 e. The molecule has 0 bridgehead atoms. The fraction of sp³-hybridized carbons (Fsp3) is 0.214. The Kier molecular flexibility index (Phi) is 4.97. The van der Waals surface area contributed by atoms with Gasteiger partial charge in [0.15, 0.2) is 5.75 Å². The molecule has 0 aliphatic carbocycles. The smallest absolute Gasteiger partial charge is 0.293 e. The lowest BCUT2D eigenvalue weighted by atomic mass is 10.2. The molecule has 0 unspecified atom stereocenters. The van der Waals surface area contributed by atoms with Crippen molar-refractivity contribution in [2.45, 2.75) is 13.5 Å². The number of pyridine rings is 1. The normalized spacial score (nSPS) is 10.6. The van der Waals surface area contributed by atoms with Gasteiger partial charge in [0.25, 0.3) is 5.56 Å². The summed E-state index contributed by atoms with van der Waals surface area (Å²) in [6.07, 6.45) is 1.65. The first-order valence-electron chi connectivity index (χ1n) is 5.99. The van der Waals surface area contributed by atoms with E-state index < -0.39 is 0 Å². The summed E-state index contributed by atoms with van der Waals surface area (Å²) in [4.78, 5) is 12.2. The standard InChI is InChI=1S/C14H12Cl3NO2/c1-2-20-12-4-3-7-18(14(12)19)8-9-10(15)5-6-11(16)13(9)17/h3-7H,2,8H2,1H3. The van der Waals surface area contributed by atoms with Gasteiger partial charge in [-0.1, -0.05) is 34.8 Å². The molecule has 6 heteroatoms. The van der Waals surface area contributed by atoms with Gasteiger partial charge in [-0.05, 0) is 31.2 Å². The molecular formula is C14H12Cl3NO2. The van der Waals surface area contributed by atoms with E-state index in [0.29, 0.717) is 33.0 Å². The molecule has 0 amide bonds. The van der Waals surface area contributed by atoms with E-state index in [0.717, 1.165) is 0 Å². The predicted molar refractivity (Wildman–Crippen MR) is 82.4 cm³/mol. The molecule has 0 aliphatic heterocycles. The Morgan fingerprint density at radius 1 is 1.15 bits per heavy atom. The number of rotatable bonds is 4. The molecule has 1 aromatic carbocycles. The number of benzene rings is 1. The minimum absolute atomic E-state index is 0.234. The summed E-state index contributed by atoms with van der Waals surface area (Å²) in [6, 6.07) is 6.64. The van der Waals surface area contributed by atoms with Crippen LogP contribution in [0, 0.1) is 0 Å². The van der Waals surface area contributed by atoms with E-state index in [1.807, 2.05) is 6.92 Å². The molecule has 0 radical (unpaired) electrons. The van der Waals surface area contributed by atoms with E-state index in [1.165, 1.54) is 4.57 Å². The van der Waals surface area contributed by atoms with Crippen LogP contribution in [0.4, 0.5) is 0 Å². The molecule has 3 nitrogen and oxygen atoms in total. The molecule has 20 heavy (non-hydrogen) atoms. The van der Waals surface area contributed by atoms with Crippen LogP contribution in [-0.4, -0.2) is 11.2 Å². The molecule has 1 aromatic heterocycles. The number of aromatic nitrogens is 1. The molecular weight excluding hydrogens is 321 g/mol. The number of ether oxygens (including phenoxy) is 1. The van der Waals surface area contributed by atoms with E-state index in [1.54, 1.807) is 30.5 Å². The fourth-order valence-corrected chi connectivity index (χ4v) is 2.46. The summed E-state index contributed by atoms with van der Waals surface area (Å²) >= 11 is 18.2. The van der Waals surface area contributed by atoms with E-state index >= 15 is 0 Å². The molecule has 0 saturated heterocycles. The molecule has 0 spiro atoms. The Hall–Kier alpha value is -1.16. The Balaban J connectivity index is 2.43. The second-order valence-electron chi connectivity index (χ2n) is 4.06. The number of halogens is 3. The van der Waals surface area contributed by atoms with Gasteiger partial charge in [-0.25, -0.2) is 0 Å². The van der Waals surface area contributed by atoms with Crippen LogP contribution in [0.1, 0.15) is 12.5 Å². The third kappa shape index (κ3) is 3.11. The number of hydrogen-bond acceptors (Lipinski definition) is 2. The van der Waals surface area contributed by atoms with Gasteiger partial charge in [-0.15, -0.1) is 0 Å². The van der Waals surface area contributed by atoms with Crippen molar-refractivity contribution in [1.82, 2.24) is 4.57 Å². The Morgan fingerprint density at radius 2 is 1.85 bits per heavy atom. The van der Waals surface area contributed by atoms with Crippen LogP contribution in [-0.2, 0) is 6.54 Å². The van der Waals surface area contributed by atoms with Gasteiger partial charge in [-0.3, -0.25) is 4.79 Å². The highest BCUT2D eigenvalue weighted by atomic mass is 35.5. The third-order valence-corrected chi connectivity index (χ3v) is 3.95. The lowest BCUT2D eigenvalue weighted by molar-refractivity contribution is 0.332. The molecule has 0 N–H and O–H groups in total. The highest BCUT2D eigenvalue weighted by Crippen LogP contribution is 2.31. The van der Waals surface area contributed by atoms with Crippen molar-refractivity contribution in [2.75, 3.05) is 6.61 Å². The first-order valence-corrected chi connectivity index (χ1v) is 7.12. The lowest BCUT2D eigenvalue weighted by Crippen LogP contribution is -2.22. The van der Waals surface area contributed by atoms with E-state index in [2.05, 4.69) is 0 Å². The third-order valence-electron chi connectivity index (χ3n) is 2.75. The zero-order chi connectivity index (χ0) is 14.7. The second-order valence-corrected chi connectivity index (χ2v) is 5.25. The van der Waals surface area contributed by atoms with Crippen LogP contribution in [0.2, 0.25) is 15.1 Å².